The summed E-state index contributed by atoms with van der Waals surface area (Å²) in [5, 5.41) is 0. The zero-order valence-electron chi connectivity index (χ0n) is 7.42. The van der Waals surface area contributed by atoms with E-state index in [-0.39, 0.29) is 0 Å². The lowest BCUT2D eigenvalue weighted by atomic mass is 10.4. The van der Waals surface area contributed by atoms with Crippen molar-refractivity contribution in [1.29, 1.82) is 0 Å². The van der Waals surface area contributed by atoms with Crippen molar-refractivity contribution < 1.29 is 4.74 Å². The van der Waals surface area contributed by atoms with Crippen LogP contribution in [0.5, 0.6) is 11.5 Å². The lowest BCUT2D eigenvalue weighted by Gasteiger charge is -2.04. The number of ether oxygens (including phenoxy) is 1. The van der Waals surface area contributed by atoms with E-state index < -0.39 is 0 Å². The highest BCUT2D eigenvalue weighted by Crippen LogP contribution is 2.20. The van der Waals surface area contributed by atoms with Crippen molar-refractivity contribution in [1.82, 2.24) is 9.97 Å². The van der Waals surface area contributed by atoms with Gasteiger partial charge in [0.2, 0.25) is 0 Å². The molecule has 0 saturated heterocycles. The van der Waals surface area contributed by atoms with Gasteiger partial charge in [0, 0.05) is 18.5 Å². The summed E-state index contributed by atoms with van der Waals surface area (Å²) < 4.78 is 5.48. The Balaban J connectivity index is 2.19. The maximum Gasteiger partial charge on any atom is 0.145 e. The lowest BCUT2D eigenvalue weighted by molar-refractivity contribution is 0.480. The van der Waals surface area contributed by atoms with Crippen LogP contribution in [0.1, 0.15) is 0 Å². The number of rotatable bonds is 2. The Morgan fingerprint density at radius 2 is 2.07 bits per heavy atom. The molecule has 0 saturated carbocycles. The zero-order valence-corrected chi connectivity index (χ0v) is 7.42. The number of anilines is 1. The van der Waals surface area contributed by atoms with Crippen LogP contribution in [0.2, 0.25) is 0 Å². The SMILES string of the molecule is Nc1cc(Oc2cccnc2)ccn1. The van der Waals surface area contributed by atoms with Gasteiger partial charge in [0.05, 0.1) is 6.20 Å². The van der Waals surface area contributed by atoms with Gasteiger partial charge in [-0.2, -0.15) is 0 Å². The first-order valence-corrected chi connectivity index (χ1v) is 4.14. The fraction of sp³-hybridized carbons (Fsp3) is 0. The van der Waals surface area contributed by atoms with E-state index in [2.05, 4.69) is 9.97 Å². The Bertz CT molecular complexity index is 417. The van der Waals surface area contributed by atoms with Crippen molar-refractivity contribution in [2.75, 3.05) is 5.73 Å². The first-order chi connectivity index (χ1) is 6.84. The molecular formula is C10H9N3O. The number of nitrogen functional groups attached to an aromatic ring is 1. The third-order valence-electron chi connectivity index (χ3n) is 1.62. The Morgan fingerprint density at radius 3 is 2.79 bits per heavy atom. The van der Waals surface area contributed by atoms with Gasteiger partial charge >= 0.3 is 0 Å². The molecule has 0 aromatic carbocycles. The molecule has 0 fully saturated rings. The van der Waals surface area contributed by atoms with E-state index in [1.165, 1.54) is 0 Å². The number of aromatic nitrogens is 2. The van der Waals surface area contributed by atoms with Crippen molar-refractivity contribution in [3.63, 3.8) is 0 Å². The molecule has 4 nitrogen and oxygen atoms in total. The van der Waals surface area contributed by atoms with Gasteiger partial charge in [0.15, 0.2) is 0 Å². The van der Waals surface area contributed by atoms with E-state index in [0.29, 0.717) is 17.3 Å². The van der Waals surface area contributed by atoms with Gasteiger partial charge in [0.1, 0.15) is 17.3 Å². The summed E-state index contributed by atoms with van der Waals surface area (Å²) in [5.74, 6) is 1.77. The van der Waals surface area contributed by atoms with Crippen LogP contribution < -0.4 is 10.5 Å². The summed E-state index contributed by atoms with van der Waals surface area (Å²) >= 11 is 0. The summed E-state index contributed by atoms with van der Waals surface area (Å²) in [7, 11) is 0. The predicted octanol–water partition coefficient (Wildman–Crippen LogP) is 1.85. The van der Waals surface area contributed by atoms with Crippen LogP contribution in [0.25, 0.3) is 0 Å². The second kappa shape index (κ2) is 3.74. The molecule has 0 aliphatic heterocycles. The molecule has 2 aromatic heterocycles. The minimum atomic E-state index is 0.436. The summed E-state index contributed by atoms with van der Waals surface area (Å²) in [5.41, 5.74) is 5.51. The van der Waals surface area contributed by atoms with Crippen molar-refractivity contribution in [3.8, 4) is 11.5 Å². The summed E-state index contributed by atoms with van der Waals surface area (Å²) in [4.78, 5) is 7.79. The maximum atomic E-state index is 5.51. The molecule has 0 unspecified atom stereocenters. The van der Waals surface area contributed by atoms with Gasteiger partial charge in [-0.3, -0.25) is 4.98 Å². The molecule has 2 aromatic rings. The van der Waals surface area contributed by atoms with Gasteiger partial charge in [0.25, 0.3) is 0 Å². The van der Waals surface area contributed by atoms with Crippen LogP contribution in [-0.2, 0) is 0 Å². The minimum absolute atomic E-state index is 0.436. The quantitative estimate of drug-likeness (QED) is 0.779. The number of hydrogen-bond acceptors (Lipinski definition) is 4. The Kier molecular flexibility index (Phi) is 2.27. The van der Waals surface area contributed by atoms with Gasteiger partial charge in [-0.25, -0.2) is 4.98 Å². The first kappa shape index (κ1) is 8.50. The van der Waals surface area contributed by atoms with Gasteiger partial charge in [-0.15, -0.1) is 0 Å². The summed E-state index contributed by atoms with van der Waals surface area (Å²) in [6.45, 7) is 0. The average molecular weight is 187 g/mol. The zero-order chi connectivity index (χ0) is 9.80. The minimum Gasteiger partial charge on any atom is -0.456 e. The highest BCUT2D eigenvalue weighted by atomic mass is 16.5. The fourth-order valence-corrected chi connectivity index (χ4v) is 1.03. The van der Waals surface area contributed by atoms with E-state index in [4.69, 9.17) is 10.5 Å². The predicted molar refractivity (Wildman–Crippen MR) is 53.0 cm³/mol. The van der Waals surface area contributed by atoms with Crippen LogP contribution in [0.4, 0.5) is 5.82 Å². The molecular weight excluding hydrogens is 178 g/mol. The maximum absolute atomic E-state index is 5.51. The third kappa shape index (κ3) is 1.98. The van der Waals surface area contributed by atoms with Gasteiger partial charge in [-0.05, 0) is 18.2 Å². The molecule has 0 bridgehead atoms. The van der Waals surface area contributed by atoms with Crippen molar-refractivity contribution >= 4 is 5.82 Å². The van der Waals surface area contributed by atoms with Gasteiger partial charge in [-0.1, -0.05) is 0 Å². The highest BCUT2D eigenvalue weighted by Gasteiger charge is 1.96. The third-order valence-corrected chi connectivity index (χ3v) is 1.62. The standard InChI is InChI=1S/C10H9N3O/c11-10-6-8(3-5-13-10)14-9-2-1-4-12-7-9/h1-7H,(H2,11,13). The normalized spacial score (nSPS) is 9.71. The second-order valence-electron chi connectivity index (χ2n) is 2.71. The van der Waals surface area contributed by atoms with Crippen LogP contribution in [0.3, 0.4) is 0 Å². The van der Waals surface area contributed by atoms with E-state index in [1.54, 1.807) is 36.8 Å². The molecule has 0 aliphatic rings. The highest BCUT2D eigenvalue weighted by molar-refractivity contribution is 5.38. The van der Waals surface area contributed by atoms with E-state index in [9.17, 15) is 0 Å². The molecule has 0 atom stereocenters. The summed E-state index contributed by atoms with van der Waals surface area (Å²) in [6.07, 6.45) is 4.92. The number of nitrogens with two attached hydrogens (primary N) is 1. The number of nitrogens with zero attached hydrogens (tertiary/aromatic N) is 2. The molecule has 14 heavy (non-hydrogen) atoms. The Labute approximate surface area is 81.4 Å². The van der Waals surface area contributed by atoms with Crippen LogP contribution in [-0.4, -0.2) is 9.97 Å². The molecule has 0 spiro atoms. The molecule has 4 heteroatoms. The van der Waals surface area contributed by atoms with Crippen molar-refractivity contribution in [3.05, 3.63) is 42.9 Å². The second-order valence-corrected chi connectivity index (χ2v) is 2.71. The monoisotopic (exact) mass is 187 g/mol. The molecule has 2 N–H and O–H groups in total. The average Bonchev–Trinajstić information content (AvgIpc) is 2.19. The van der Waals surface area contributed by atoms with Crippen LogP contribution in [0.15, 0.2) is 42.9 Å². The summed E-state index contributed by atoms with van der Waals surface area (Å²) in [6, 6.07) is 7.03. The van der Waals surface area contributed by atoms with E-state index in [1.807, 2.05) is 6.07 Å². The Hall–Kier alpha value is -2.10. The van der Waals surface area contributed by atoms with Crippen LogP contribution >= 0.6 is 0 Å². The largest absolute Gasteiger partial charge is 0.456 e. The van der Waals surface area contributed by atoms with Crippen molar-refractivity contribution in [2.24, 2.45) is 0 Å². The molecule has 2 rings (SSSR count). The number of hydrogen-bond donors (Lipinski definition) is 1. The first-order valence-electron chi connectivity index (χ1n) is 4.14. The van der Waals surface area contributed by atoms with Crippen molar-refractivity contribution in [2.45, 2.75) is 0 Å². The van der Waals surface area contributed by atoms with Crippen LogP contribution in [0, 0.1) is 0 Å². The number of pyridine rings is 2. The Morgan fingerprint density at radius 1 is 1.14 bits per heavy atom. The molecule has 0 aliphatic carbocycles. The smallest absolute Gasteiger partial charge is 0.145 e. The molecule has 0 radical (unpaired) electrons. The van der Waals surface area contributed by atoms with E-state index in [0.717, 1.165) is 0 Å². The topological polar surface area (TPSA) is 61.0 Å². The van der Waals surface area contributed by atoms with E-state index >= 15 is 0 Å². The lowest BCUT2D eigenvalue weighted by Crippen LogP contribution is -1.90. The molecule has 2 heterocycles. The molecule has 70 valence electrons. The molecule has 0 amide bonds. The van der Waals surface area contributed by atoms with Gasteiger partial charge < -0.3 is 10.5 Å². The fourth-order valence-electron chi connectivity index (χ4n) is 1.03.